The van der Waals surface area contributed by atoms with E-state index in [2.05, 4.69) is 6.58 Å². The van der Waals surface area contributed by atoms with Gasteiger partial charge in [0.2, 0.25) is 0 Å². The Morgan fingerprint density at radius 1 is 1.50 bits per heavy atom. The van der Waals surface area contributed by atoms with Crippen molar-refractivity contribution in [2.75, 3.05) is 0 Å². The zero-order valence-corrected chi connectivity index (χ0v) is 6.68. The summed E-state index contributed by atoms with van der Waals surface area (Å²) >= 11 is 0. The van der Waals surface area contributed by atoms with Gasteiger partial charge in [-0.2, -0.15) is 0 Å². The molecule has 0 saturated carbocycles. The summed E-state index contributed by atoms with van der Waals surface area (Å²) in [5.41, 5.74) is 5.89. The van der Waals surface area contributed by atoms with Crippen molar-refractivity contribution in [1.29, 1.82) is 0 Å². The molecule has 0 aromatic heterocycles. The van der Waals surface area contributed by atoms with Crippen molar-refractivity contribution >= 4 is 5.78 Å². The first-order valence-electron chi connectivity index (χ1n) is 3.50. The minimum absolute atomic E-state index is 0.124. The predicted octanol–water partition coefficient (Wildman–Crippen LogP) is 1.46. The van der Waals surface area contributed by atoms with Gasteiger partial charge in [-0.15, -0.1) is 0 Å². The smallest absolute Gasteiger partial charge is 0.135 e. The lowest BCUT2D eigenvalue weighted by Gasteiger charge is -2.02. The molecule has 0 unspecified atom stereocenters. The van der Waals surface area contributed by atoms with Gasteiger partial charge in [-0.05, 0) is 6.42 Å². The molecule has 0 aliphatic heterocycles. The van der Waals surface area contributed by atoms with Gasteiger partial charge in [0.05, 0.1) is 0 Å². The Kier molecular flexibility index (Phi) is 3.77. The normalized spacial score (nSPS) is 9.90. The van der Waals surface area contributed by atoms with E-state index in [0.717, 1.165) is 0 Å². The van der Waals surface area contributed by atoms with Crippen LogP contribution in [0.4, 0.5) is 0 Å². The lowest BCUT2D eigenvalue weighted by molar-refractivity contribution is -0.121. The molecule has 0 aromatic carbocycles. The molecule has 10 heavy (non-hydrogen) atoms. The number of nitrogens with two attached hydrogens (primary N) is 1. The van der Waals surface area contributed by atoms with E-state index in [9.17, 15) is 4.79 Å². The molecule has 0 spiro atoms. The lowest BCUT2D eigenvalue weighted by Crippen LogP contribution is -2.08. The van der Waals surface area contributed by atoms with Crippen LogP contribution in [0.25, 0.3) is 0 Å². The fraction of sp³-hybridized carbons (Fsp3) is 0.625. The molecule has 58 valence electrons. The number of carbonyl (C=O) groups excluding carboxylic acids is 1. The van der Waals surface area contributed by atoms with Crippen LogP contribution in [0, 0.1) is 5.92 Å². The Labute approximate surface area is 62.1 Å². The molecule has 0 amide bonds. The Morgan fingerprint density at radius 2 is 2.00 bits per heavy atom. The van der Waals surface area contributed by atoms with E-state index in [1.54, 1.807) is 0 Å². The summed E-state index contributed by atoms with van der Waals surface area (Å²) < 4.78 is 0. The number of hydrogen-bond donors (Lipinski definition) is 1. The van der Waals surface area contributed by atoms with Crippen LogP contribution in [-0.2, 0) is 4.79 Å². The topological polar surface area (TPSA) is 43.1 Å². The van der Waals surface area contributed by atoms with Gasteiger partial charge in [0, 0.05) is 18.0 Å². The molecule has 0 aliphatic carbocycles. The summed E-state index contributed by atoms with van der Waals surface area (Å²) in [6.07, 6.45) is 1.16. The Balaban J connectivity index is 3.50. The molecule has 0 aromatic rings. The van der Waals surface area contributed by atoms with Crippen molar-refractivity contribution in [1.82, 2.24) is 0 Å². The molecule has 2 heteroatoms. The quantitative estimate of drug-likeness (QED) is 0.644. The van der Waals surface area contributed by atoms with E-state index in [1.165, 1.54) is 0 Å². The van der Waals surface area contributed by atoms with Crippen molar-refractivity contribution in [2.24, 2.45) is 11.7 Å². The van der Waals surface area contributed by atoms with Gasteiger partial charge in [-0.3, -0.25) is 4.79 Å². The minimum Gasteiger partial charge on any atom is -0.403 e. The Bertz CT molecular complexity index is 138. The van der Waals surface area contributed by atoms with Gasteiger partial charge in [-0.25, -0.2) is 0 Å². The second-order valence-corrected chi connectivity index (χ2v) is 2.78. The molecule has 0 aliphatic rings. The highest BCUT2D eigenvalue weighted by Gasteiger charge is 2.05. The van der Waals surface area contributed by atoms with Crippen LogP contribution >= 0.6 is 0 Å². The molecule has 2 nitrogen and oxygen atoms in total. The standard InChI is InChI=1S/C8H15NO/c1-6(2)8(10)5-4-7(3)9/h6H,3-5,9H2,1-2H3. The van der Waals surface area contributed by atoms with Crippen LogP contribution in [0.1, 0.15) is 26.7 Å². The highest BCUT2D eigenvalue weighted by Crippen LogP contribution is 2.03. The molecule has 0 rings (SSSR count). The third-order valence-corrected chi connectivity index (χ3v) is 1.34. The first kappa shape index (κ1) is 9.21. The van der Waals surface area contributed by atoms with E-state index < -0.39 is 0 Å². The van der Waals surface area contributed by atoms with E-state index in [4.69, 9.17) is 5.73 Å². The van der Waals surface area contributed by atoms with Crippen molar-refractivity contribution in [2.45, 2.75) is 26.7 Å². The molecule has 2 N–H and O–H groups in total. The molecule has 0 heterocycles. The first-order valence-corrected chi connectivity index (χ1v) is 3.50. The van der Waals surface area contributed by atoms with Crippen molar-refractivity contribution in [3.05, 3.63) is 12.3 Å². The van der Waals surface area contributed by atoms with Gasteiger partial charge in [-0.1, -0.05) is 20.4 Å². The van der Waals surface area contributed by atoms with Crippen LogP contribution in [0.15, 0.2) is 12.3 Å². The molecule has 0 radical (unpaired) electrons. The third kappa shape index (κ3) is 4.13. The monoisotopic (exact) mass is 141 g/mol. The van der Waals surface area contributed by atoms with E-state index in [0.29, 0.717) is 18.5 Å². The van der Waals surface area contributed by atoms with Crippen LogP contribution in [0.5, 0.6) is 0 Å². The number of rotatable bonds is 4. The Hall–Kier alpha value is -0.790. The van der Waals surface area contributed by atoms with E-state index >= 15 is 0 Å². The molecular formula is C8H15NO. The van der Waals surface area contributed by atoms with Gasteiger partial charge < -0.3 is 5.73 Å². The highest BCUT2D eigenvalue weighted by molar-refractivity contribution is 5.80. The van der Waals surface area contributed by atoms with Crippen LogP contribution in [-0.4, -0.2) is 5.78 Å². The second-order valence-electron chi connectivity index (χ2n) is 2.78. The fourth-order valence-electron chi connectivity index (χ4n) is 0.572. The maximum atomic E-state index is 11.0. The van der Waals surface area contributed by atoms with Crippen molar-refractivity contribution in [3.63, 3.8) is 0 Å². The number of ketones is 1. The zero-order chi connectivity index (χ0) is 8.15. The number of Topliss-reactive ketones (excluding diaryl/α,β-unsaturated/α-hetero) is 1. The maximum absolute atomic E-state index is 11.0. The van der Waals surface area contributed by atoms with Gasteiger partial charge >= 0.3 is 0 Å². The lowest BCUT2D eigenvalue weighted by atomic mass is 10.0. The zero-order valence-electron chi connectivity index (χ0n) is 6.68. The second kappa shape index (κ2) is 4.09. The van der Waals surface area contributed by atoms with E-state index in [1.807, 2.05) is 13.8 Å². The molecule has 0 bridgehead atoms. The van der Waals surface area contributed by atoms with E-state index in [-0.39, 0.29) is 11.7 Å². The van der Waals surface area contributed by atoms with Crippen LogP contribution in [0.3, 0.4) is 0 Å². The molecule has 0 atom stereocenters. The largest absolute Gasteiger partial charge is 0.403 e. The summed E-state index contributed by atoms with van der Waals surface area (Å²) in [4.78, 5) is 11.0. The summed E-state index contributed by atoms with van der Waals surface area (Å²) in [6, 6.07) is 0. The van der Waals surface area contributed by atoms with Gasteiger partial charge in [0.15, 0.2) is 0 Å². The average molecular weight is 141 g/mol. The average Bonchev–Trinajstić information content (AvgIpc) is 1.82. The van der Waals surface area contributed by atoms with Crippen LogP contribution < -0.4 is 5.73 Å². The first-order chi connectivity index (χ1) is 4.54. The summed E-state index contributed by atoms with van der Waals surface area (Å²) in [5.74, 6) is 0.381. The summed E-state index contributed by atoms with van der Waals surface area (Å²) in [5, 5.41) is 0. The molecular weight excluding hydrogens is 126 g/mol. The number of allylic oxidation sites excluding steroid dienone is 1. The predicted molar refractivity (Wildman–Crippen MR) is 42.4 cm³/mol. The molecule has 0 fully saturated rings. The Morgan fingerprint density at radius 3 is 2.30 bits per heavy atom. The molecule has 0 saturated heterocycles. The fourth-order valence-corrected chi connectivity index (χ4v) is 0.572. The maximum Gasteiger partial charge on any atom is 0.135 e. The van der Waals surface area contributed by atoms with Gasteiger partial charge in [0.25, 0.3) is 0 Å². The minimum atomic E-state index is 0.124. The van der Waals surface area contributed by atoms with Crippen molar-refractivity contribution < 1.29 is 4.79 Å². The van der Waals surface area contributed by atoms with Crippen LogP contribution in [0.2, 0.25) is 0 Å². The van der Waals surface area contributed by atoms with Gasteiger partial charge in [0.1, 0.15) is 5.78 Å². The third-order valence-electron chi connectivity index (χ3n) is 1.34. The van der Waals surface area contributed by atoms with Crippen molar-refractivity contribution in [3.8, 4) is 0 Å². The SMILES string of the molecule is C=C(N)CCC(=O)C(C)C. The summed E-state index contributed by atoms with van der Waals surface area (Å²) in [6.45, 7) is 7.29. The highest BCUT2D eigenvalue weighted by atomic mass is 16.1. The number of hydrogen-bond acceptors (Lipinski definition) is 2. The number of carbonyl (C=O) groups is 1. The summed E-state index contributed by atoms with van der Waals surface area (Å²) in [7, 11) is 0.